The summed E-state index contributed by atoms with van der Waals surface area (Å²) in [5.74, 6) is 0.841. The van der Waals surface area contributed by atoms with E-state index in [9.17, 15) is 0 Å². The van der Waals surface area contributed by atoms with Crippen molar-refractivity contribution in [3.63, 3.8) is 0 Å². The second-order valence-electron chi connectivity index (χ2n) is 5.56. The van der Waals surface area contributed by atoms with Gasteiger partial charge in [-0.05, 0) is 38.3 Å². The summed E-state index contributed by atoms with van der Waals surface area (Å²) in [6, 6.07) is 8.87. The number of rotatable bonds is 7. The summed E-state index contributed by atoms with van der Waals surface area (Å²) in [5, 5.41) is 6.70. The molecule has 0 aliphatic heterocycles. The number of aliphatic imine (C=N–C) groups is 1. The van der Waals surface area contributed by atoms with Gasteiger partial charge in [-0.2, -0.15) is 0 Å². The van der Waals surface area contributed by atoms with Gasteiger partial charge in [0.25, 0.3) is 0 Å². The van der Waals surface area contributed by atoms with Crippen molar-refractivity contribution in [2.75, 3.05) is 7.05 Å². The molecule has 1 rings (SSSR count). The van der Waals surface area contributed by atoms with Gasteiger partial charge in [-0.1, -0.05) is 31.2 Å². The maximum absolute atomic E-state index is 5.64. The molecular formula is C17H30IN3O. The normalized spacial score (nSPS) is 12.7. The molecule has 0 aliphatic carbocycles. The molecule has 1 aromatic carbocycles. The molecule has 1 unspecified atom stereocenters. The van der Waals surface area contributed by atoms with E-state index in [0.717, 1.165) is 18.9 Å². The molecule has 0 amide bonds. The molecule has 126 valence electrons. The van der Waals surface area contributed by atoms with Crippen LogP contribution in [0, 0.1) is 0 Å². The molecule has 0 aromatic heterocycles. The van der Waals surface area contributed by atoms with Gasteiger partial charge in [-0.3, -0.25) is 4.99 Å². The third kappa shape index (κ3) is 8.58. The topological polar surface area (TPSA) is 45.7 Å². The zero-order valence-corrected chi connectivity index (χ0v) is 16.7. The van der Waals surface area contributed by atoms with E-state index in [4.69, 9.17) is 4.74 Å². The Morgan fingerprint density at radius 1 is 1.23 bits per heavy atom. The van der Waals surface area contributed by atoms with E-state index in [-0.39, 0.29) is 30.1 Å². The van der Waals surface area contributed by atoms with Gasteiger partial charge in [0.15, 0.2) is 5.96 Å². The fourth-order valence-electron chi connectivity index (χ4n) is 1.81. The lowest BCUT2D eigenvalue weighted by molar-refractivity contribution is 0.0657. The highest BCUT2D eigenvalue weighted by atomic mass is 127. The monoisotopic (exact) mass is 419 g/mol. The smallest absolute Gasteiger partial charge is 0.191 e. The quantitative estimate of drug-likeness (QED) is 0.403. The van der Waals surface area contributed by atoms with Gasteiger partial charge in [-0.15, -0.1) is 24.0 Å². The largest absolute Gasteiger partial charge is 0.374 e. The van der Waals surface area contributed by atoms with Crippen LogP contribution in [0.1, 0.15) is 45.2 Å². The van der Waals surface area contributed by atoms with Crippen LogP contribution in [0.4, 0.5) is 0 Å². The number of ether oxygens (including phenoxy) is 1. The molecule has 0 fully saturated rings. The van der Waals surface area contributed by atoms with Crippen LogP contribution in [-0.2, 0) is 17.9 Å². The molecule has 0 spiro atoms. The Morgan fingerprint density at radius 3 is 2.50 bits per heavy atom. The molecule has 2 N–H and O–H groups in total. The average molecular weight is 419 g/mol. The minimum Gasteiger partial charge on any atom is -0.374 e. The molecule has 0 aliphatic rings. The molecule has 5 heteroatoms. The lowest BCUT2D eigenvalue weighted by Gasteiger charge is -2.16. The first kappa shape index (κ1) is 21.2. The van der Waals surface area contributed by atoms with Crippen molar-refractivity contribution < 1.29 is 4.74 Å². The first-order chi connectivity index (χ1) is 10.0. The van der Waals surface area contributed by atoms with E-state index in [1.807, 2.05) is 0 Å². The SMILES string of the molecule is CCC(C)NC(=NC)NCc1cccc(COC(C)C)c1.I. The summed E-state index contributed by atoms with van der Waals surface area (Å²) in [6.07, 6.45) is 1.33. The predicted octanol–water partition coefficient (Wildman–Crippen LogP) is 3.69. The van der Waals surface area contributed by atoms with Crippen molar-refractivity contribution in [3.8, 4) is 0 Å². The highest BCUT2D eigenvalue weighted by Gasteiger charge is 2.03. The Labute approximate surface area is 152 Å². The maximum atomic E-state index is 5.64. The summed E-state index contributed by atoms with van der Waals surface area (Å²) < 4.78 is 5.64. The zero-order valence-electron chi connectivity index (χ0n) is 14.3. The number of guanidine groups is 1. The number of nitrogens with zero attached hydrogens (tertiary/aromatic N) is 1. The van der Waals surface area contributed by atoms with E-state index in [2.05, 4.69) is 67.6 Å². The third-order valence-corrected chi connectivity index (χ3v) is 3.25. The minimum absolute atomic E-state index is 0. The zero-order chi connectivity index (χ0) is 15.7. The fourth-order valence-corrected chi connectivity index (χ4v) is 1.81. The third-order valence-electron chi connectivity index (χ3n) is 3.25. The van der Waals surface area contributed by atoms with Gasteiger partial charge >= 0.3 is 0 Å². The molecule has 0 bridgehead atoms. The molecule has 4 nitrogen and oxygen atoms in total. The first-order valence-corrected chi connectivity index (χ1v) is 7.71. The van der Waals surface area contributed by atoms with Crippen LogP contribution >= 0.6 is 24.0 Å². The Morgan fingerprint density at radius 2 is 1.91 bits per heavy atom. The van der Waals surface area contributed by atoms with Crippen LogP contribution in [0.15, 0.2) is 29.3 Å². The Balaban J connectivity index is 0.00000441. The minimum atomic E-state index is 0. The molecule has 22 heavy (non-hydrogen) atoms. The standard InChI is InChI=1S/C17H29N3O.HI/c1-6-14(4)20-17(18-5)19-11-15-8-7-9-16(10-15)12-21-13(2)3;/h7-10,13-14H,6,11-12H2,1-5H3,(H2,18,19,20);1H. The van der Waals surface area contributed by atoms with E-state index in [0.29, 0.717) is 12.6 Å². The highest BCUT2D eigenvalue weighted by Crippen LogP contribution is 2.08. The Kier molecular flexibility index (Phi) is 11.3. The molecule has 0 saturated carbocycles. The van der Waals surface area contributed by atoms with Gasteiger partial charge in [-0.25, -0.2) is 0 Å². The second-order valence-corrected chi connectivity index (χ2v) is 5.56. The molecule has 0 radical (unpaired) electrons. The predicted molar refractivity (Wildman–Crippen MR) is 105 cm³/mol. The van der Waals surface area contributed by atoms with Crippen LogP contribution < -0.4 is 10.6 Å². The van der Waals surface area contributed by atoms with Gasteiger partial charge in [0.1, 0.15) is 0 Å². The summed E-state index contributed by atoms with van der Waals surface area (Å²) in [5.41, 5.74) is 2.43. The van der Waals surface area contributed by atoms with Gasteiger partial charge < -0.3 is 15.4 Å². The van der Waals surface area contributed by atoms with Crippen molar-refractivity contribution in [2.45, 2.75) is 59.4 Å². The first-order valence-electron chi connectivity index (χ1n) is 7.71. The summed E-state index contributed by atoms with van der Waals surface area (Å²) in [6.45, 7) is 9.82. The lowest BCUT2D eigenvalue weighted by atomic mass is 10.1. The number of nitrogens with one attached hydrogen (secondary N) is 2. The van der Waals surface area contributed by atoms with E-state index in [1.165, 1.54) is 11.1 Å². The number of benzene rings is 1. The van der Waals surface area contributed by atoms with E-state index >= 15 is 0 Å². The van der Waals surface area contributed by atoms with Crippen LogP contribution in [0.25, 0.3) is 0 Å². The van der Waals surface area contributed by atoms with Crippen molar-refractivity contribution in [2.24, 2.45) is 4.99 Å². The van der Waals surface area contributed by atoms with Crippen LogP contribution in [-0.4, -0.2) is 25.2 Å². The number of halogens is 1. The van der Waals surface area contributed by atoms with Crippen molar-refractivity contribution in [1.29, 1.82) is 0 Å². The van der Waals surface area contributed by atoms with Crippen LogP contribution in [0.5, 0.6) is 0 Å². The summed E-state index contributed by atoms with van der Waals surface area (Å²) in [4.78, 5) is 4.24. The summed E-state index contributed by atoms with van der Waals surface area (Å²) >= 11 is 0. The maximum Gasteiger partial charge on any atom is 0.191 e. The van der Waals surface area contributed by atoms with Crippen molar-refractivity contribution in [3.05, 3.63) is 35.4 Å². The molecule has 0 saturated heterocycles. The van der Waals surface area contributed by atoms with Crippen LogP contribution in [0.2, 0.25) is 0 Å². The van der Waals surface area contributed by atoms with Crippen molar-refractivity contribution in [1.82, 2.24) is 10.6 Å². The lowest BCUT2D eigenvalue weighted by Crippen LogP contribution is -2.41. The van der Waals surface area contributed by atoms with Crippen molar-refractivity contribution >= 4 is 29.9 Å². The molecule has 1 aromatic rings. The fraction of sp³-hybridized carbons (Fsp3) is 0.588. The number of hydrogen-bond donors (Lipinski definition) is 2. The van der Waals surface area contributed by atoms with E-state index < -0.39 is 0 Å². The van der Waals surface area contributed by atoms with Gasteiger partial charge in [0, 0.05) is 19.6 Å². The van der Waals surface area contributed by atoms with Gasteiger partial charge in [0.05, 0.1) is 12.7 Å². The van der Waals surface area contributed by atoms with Crippen LogP contribution in [0.3, 0.4) is 0 Å². The second kappa shape index (κ2) is 11.7. The Bertz CT molecular complexity index is 449. The van der Waals surface area contributed by atoms with E-state index in [1.54, 1.807) is 7.05 Å². The number of hydrogen-bond acceptors (Lipinski definition) is 2. The highest BCUT2D eigenvalue weighted by molar-refractivity contribution is 14.0. The molecule has 1 atom stereocenters. The Hall–Kier alpha value is -0.820. The summed E-state index contributed by atoms with van der Waals surface area (Å²) in [7, 11) is 1.80. The molecular weight excluding hydrogens is 389 g/mol. The van der Waals surface area contributed by atoms with Gasteiger partial charge in [0.2, 0.25) is 0 Å². The average Bonchev–Trinajstić information content (AvgIpc) is 2.49. The molecule has 0 heterocycles.